The first-order valence-electron chi connectivity index (χ1n) is 12.6. The summed E-state index contributed by atoms with van der Waals surface area (Å²) in [4.78, 5) is 0. The Balaban J connectivity index is 1.31. The van der Waals surface area contributed by atoms with Crippen LogP contribution in [0.25, 0.3) is 5.69 Å². The van der Waals surface area contributed by atoms with Crippen molar-refractivity contribution in [1.82, 2.24) is 9.78 Å². The highest BCUT2D eigenvalue weighted by atomic mass is 35.5. The second-order valence-electron chi connectivity index (χ2n) is 10.0. The van der Waals surface area contributed by atoms with E-state index >= 15 is 0 Å². The summed E-state index contributed by atoms with van der Waals surface area (Å²) < 4.78 is 47.4. The van der Waals surface area contributed by atoms with E-state index in [2.05, 4.69) is 41.5 Å². The third kappa shape index (κ3) is 5.53. The average molecular weight is 541 g/mol. The number of rotatable bonds is 7. The van der Waals surface area contributed by atoms with Gasteiger partial charge in [-0.2, -0.15) is 18.3 Å². The van der Waals surface area contributed by atoms with E-state index < -0.39 is 11.9 Å². The van der Waals surface area contributed by atoms with Crippen LogP contribution in [0, 0.1) is 0 Å². The minimum atomic E-state index is -4.61. The largest absolute Gasteiger partial charge is 0.506 e. The van der Waals surface area contributed by atoms with Crippen molar-refractivity contribution in [1.29, 1.82) is 0 Å². The first kappa shape index (κ1) is 26.2. The number of aromatic hydroxyl groups is 1. The van der Waals surface area contributed by atoms with Gasteiger partial charge in [0.25, 0.3) is 0 Å². The van der Waals surface area contributed by atoms with Gasteiger partial charge in [0.2, 0.25) is 0 Å². The lowest BCUT2D eigenvalue weighted by molar-refractivity contribution is -0.141. The molecule has 1 heterocycles. The molecule has 0 saturated heterocycles. The van der Waals surface area contributed by atoms with E-state index in [1.807, 2.05) is 26.0 Å². The predicted molar refractivity (Wildman–Crippen MR) is 142 cm³/mol. The molecule has 2 unspecified atom stereocenters. The molecule has 0 saturated carbocycles. The van der Waals surface area contributed by atoms with Crippen LogP contribution in [0.1, 0.15) is 61.0 Å². The van der Waals surface area contributed by atoms with E-state index in [4.69, 9.17) is 16.3 Å². The number of hydrogen-bond donors (Lipinski definition) is 1. The van der Waals surface area contributed by atoms with Gasteiger partial charge >= 0.3 is 6.18 Å². The van der Waals surface area contributed by atoms with Crippen LogP contribution in [0.2, 0.25) is 5.02 Å². The number of phenols is 1. The highest BCUT2D eigenvalue weighted by Crippen LogP contribution is 2.40. The lowest BCUT2D eigenvalue weighted by atomic mass is 9.79. The molecule has 0 bridgehead atoms. The van der Waals surface area contributed by atoms with Gasteiger partial charge in [0.05, 0.1) is 16.9 Å². The van der Waals surface area contributed by atoms with Crippen molar-refractivity contribution in [2.75, 3.05) is 0 Å². The number of ether oxygens (including phenoxy) is 1. The van der Waals surface area contributed by atoms with E-state index in [9.17, 15) is 18.3 Å². The summed E-state index contributed by atoms with van der Waals surface area (Å²) in [6, 6.07) is 14.0. The molecule has 4 nitrogen and oxygen atoms in total. The second-order valence-corrected chi connectivity index (χ2v) is 10.4. The van der Waals surface area contributed by atoms with Crippen molar-refractivity contribution in [2.24, 2.45) is 0 Å². The molecular formula is C30H28ClF3N2O2. The van der Waals surface area contributed by atoms with Gasteiger partial charge in [-0.3, -0.25) is 0 Å². The second kappa shape index (κ2) is 10.4. The molecule has 38 heavy (non-hydrogen) atoms. The van der Waals surface area contributed by atoms with E-state index in [1.54, 1.807) is 0 Å². The molecule has 1 N–H and O–H groups in total. The fraction of sp³-hybridized carbons (Fsp3) is 0.300. The van der Waals surface area contributed by atoms with Crippen molar-refractivity contribution in [3.05, 3.63) is 112 Å². The Morgan fingerprint density at radius 3 is 2.39 bits per heavy atom. The lowest BCUT2D eigenvalue weighted by Crippen LogP contribution is -2.13. The van der Waals surface area contributed by atoms with E-state index in [0.29, 0.717) is 5.69 Å². The standard InChI is InChI=1S/C30H28ClF3N2O2/c1-18(2)38-25-6-3-5-22(16-25)20-9-11-21(12-10-20)23-13-19(14-23)15-24-17-28(30(32,33)34)35-36(24)29-26(31)7-4-8-27(29)37/h3-13,17-18,22-23,37H,14-16H2,1-2H3. The minimum Gasteiger partial charge on any atom is -0.506 e. The van der Waals surface area contributed by atoms with Crippen LogP contribution in [-0.2, 0) is 17.3 Å². The summed E-state index contributed by atoms with van der Waals surface area (Å²) in [6.07, 6.45) is 5.70. The number of aromatic nitrogens is 2. The van der Waals surface area contributed by atoms with Gasteiger partial charge in [-0.15, -0.1) is 0 Å². The van der Waals surface area contributed by atoms with Gasteiger partial charge in [0, 0.05) is 30.4 Å². The molecule has 2 aliphatic rings. The summed E-state index contributed by atoms with van der Waals surface area (Å²) in [6.45, 7) is 4.04. The first-order valence-corrected chi connectivity index (χ1v) is 12.9. The number of benzene rings is 2. The fourth-order valence-corrected chi connectivity index (χ4v) is 5.21. The lowest BCUT2D eigenvalue weighted by Gasteiger charge is -2.27. The number of allylic oxidation sites excluding steroid dienone is 6. The Kier molecular flexibility index (Phi) is 7.14. The molecule has 1 aromatic heterocycles. The minimum absolute atomic E-state index is 0.0419. The molecule has 0 fully saturated rings. The molecule has 2 atom stereocenters. The van der Waals surface area contributed by atoms with Gasteiger partial charge in [-0.1, -0.05) is 65.7 Å². The maximum Gasteiger partial charge on any atom is 0.435 e. The summed E-state index contributed by atoms with van der Waals surface area (Å²) >= 11 is 6.22. The smallest absolute Gasteiger partial charge is 0.435 e. The summed E-state index contributed by atoms with van der Waals surface area (Å²) in [5, 5.41) is 14.2. The third-order valence-electron chi connectivity index (χ3n) is 6.80. The molecule has 2 aromatic carbocycles. The van der Waals surface area contributed by atoms with Crippen molar-refractivity contribution in [3.8, 4) is 11.4 Å². The highest BCUT2D eigenvalue weighted by Gasteiger charge is 2.36. The van der Waals surface area contributed by atoms with E-state index in [1.165, 1.54) is 29.3 Å². The quantitative estimate of drug-likeness (QED) is 0.307. The zero-order valence-corrected chi connectivity index (χ0v) is 21.8. The van der Waals surface area contributed by atoms with Crippen LogP contribution in [0.15, 0.2) is 84.2 Å². The molecule has 5 rings (SSSR count). The van der Waals surface area contributed by atoms with E-state index in [0.717, 1.165) is 34.9 Å². The fourth-order valence-electron chi connectivity index (χ4n) is 4.96. The van der Waals surface area contributed by atoms with Crippen LogP contribution >= 0.6 is 11.6 Å². The third-order valence-corrected chi connectivity index (χ3v) is 7.11. The first-order chi connectivity index (χ1) is 18.1. The van der Waals surface area contributed by atoms with Gasteiger partial charge in [-0.25, -0.2) is 4.68 Å². The maximum absolute atomic E-state index is 13.5. The van der Waals surface area contributed by atoms with Crippen LogP contribution in [0.3, 0.4) is 0 Å². The Hall–Kier alpha value is -3.45. The van der Waals surface area contributed by atoms with Crippen molar-refractivity contribution in [3.63, 3.8) is 0 Å². The van der Waals surface area contributed by atoms with Gasteiger partial charge in [0.1, 0.15) is 11.4 Å². The summed E-state index contributed by atoms with van der Waals surface area (Å²) in [7, 11) is 0. The maximum atomic E-state index is 13.5. The molecule has 198 valence electrons. The summed E-state index contributed by atoms with van der Waals surface area (Å²) in [5.41, 5.74) is 2.73. The Labute approximate surface area is 224 Å². The van der Waals surface area contributed by atoms with Gasteiger partial charge in [0.15, 0.2) is 5.69 Å². The van der Waals surface area contributed by atoms with Crippen molar-refractivity contribution >= 4 is 11.6 Å². The number of phenolic OH excluding ortho intramolecular Hbond substituents is 1. The Morgan fingerprint density at radius 1 is 1.08 bits per heavy atom. The molecule has 0 spiro atoms. The number of halogens is 4. The number of nitrogens with zero attached hydrogens (tertiary/aromatic N) is 2. The summed E-state index contributed by atoms with van der Waals surface area (Å²) in [5.74, 6) is 1.22. The van der Waals surface area contributed by atoms with Crippen molar-refractivity contribution < 1.29 is 23.0 Å². The number of para-hydroxylation sites is 1. The molecule has 2 aliphatic carbocycles. The number of hydrogen-bond acceptors (Lipinski definition) is 3. The molecule has 8 heteroatoms. The Morgan fingerprint density at radius 2 is 1.76 bits per heavy atom. The molecular weight excluding hydrogens is 513 g/mol. The predicted octanol–water partition coefficient (Wildman–Crippen LogP) is 8.26. The normalized spacial score (nSPS) is 19.2. The van der Waals surface area contributed by atoms with Crippen LogP contribution in [0.4, 0.5) is 13.2 Å². The number of alkyl halides is 3. The molecule has 0 aliphatic heterocycles. The van der Waals surface area contributed by atoms with E-state index in [-0.39, 0.29) is 40.8 Å². The zero-order valence-electron chi connectivity index (χ0n) is 21.0. The SMILES string of the molecule is CC(C)OC1=CC=CC(c2ccc(C3C=C(Cc4cc(C(F)(F)F)nn4-c4c(O)cccc4Cl)C3)cc2)C1. The van der Waals surface area contributed by atoms with Crippen LogP contribution in [0.5, 0.6) is 5.75 Å². The van der Waals surface area contributed by atoms with Crippen LogP contribution in [-0.4, -0.2) is 21.0 Å². The molecule has 0 amide bonds. The topological polar surface area (TPSA) is 47.3 Å². The van der Waals surface area contributed by atoms with Gasteiger partial charge in [-0.05, 0) is 55.7 Å². The monoisotopic (exact) mass is 540 g/mol. The van der Waals surface area contributed by atoms with Crippen molar-refractivity contribution in [2.45, 2.75) is 57.2 Å². The average Bonchev–Trinajstić information content (AvgIpc) is 3.25. The molecule has 3 aromatic rings. The van der Waals surface area contributed by atoms with Gasteiger partial charge < -0.3 is 9.84 Å². The van der Waals surface area contributed by atoms with Crippen LogP contribution < -0.4 is 0 Å². The Bertz CT molecular complexity index is 1400. The zero-order chi connectivity index (χ0) is 27.0. The molecule has 0 radical (unpaired) electrons. The highest BCUT2D eigenvalue weighted by molar-refractivity contribution is 6.32.